The lowest BCUT2D eigenvalue weighted by atomic mass is 10.1. The normalized spacial score (nSPS) is 10.4. The number of carboxylic acid groups (broad SMARTS) is 1. The van der Waals surface area contributed by atoms with Gasteiger partial charge in [0, 0.05) is 22.8 Å². The predicted molar refractivity (Wildman–Crippen MR) is 80.5 cm³/mol. The predicted octanol–water partition coefficient (Wildman–Crippen LogP) is 2.31. The molecule has 3 N–H and O–H groups in total. The summed E-state index contributed by atoms with van der Waals surface area (Å²) in [6.45, 7) is 5.17. The molecule has 0 aliphatic rings. The van der Waals surface area contributed by atoms with E-state index in [0.717, 1.165) is 4.88 Å². The number of aromatic amines is 1. The van der Waals surface area contributed by atoms with Crippen LogP contribution in [-0.4, -0.2) is 22.0 Å². The van der Waals surface area contributed by atoms with Crippen molar-refractivity contribution in [2.24, 2.45) is 0 Å². The largest absolute Gasteiger partial charge is 0.478 e. The maximum Gasteiger partial charge on any atom is 0.338 e. The Labute approximate surface area is 124 Å². The molecule has 6 nitrogen and oxygen atoms in total. The first-order valence-corrected chi connectivity index (χ1v) is 6.97. The lowest BCUT2D eigenvalue weighted by Crippen LogP contribution is -2.22. The zero-order valence-electron chi connectivity index (χ0n) is 11.7. The summed E-state index contributed by atoms with van der Waals surface area (Å²) in [4.78, 5) is 38.8. The van der Waals surface area contributed by atoms with Gasteiger partial charge in [-0.1, -0.05) is 0 Å². The standard InChI is InChI=1S/C14H14N2O4S/c1-6-4-10(17)9(5-15-6)12(18)16-13-11(14(19)20)7(2)8(3)21-13/h4-5H,1-3H3,(H,15,17)(H,16,18)(H,19,20). The lowest BCUT2D eigenvalue weighted by molar-refractivity contribution is 0.0697. The van der Waals surface area contributed by atoms with Crippen molar-refractivity contribution in [3.8, 4) is 0 Å². The monoisotopic (exact) mass is 306 g/mol. The molecule has 0 radical (unpaired) electrons. The Morgan fingerprint density at radius 3 is 2.52 bits per heavy atom. The van der Waals surface area contributed by atoms with Gasteiger partial charge < -0.3 is 15.4 Å². The number of carboxylic acids is 1. The molecule has 0 fully saturated rings. The highest BCUT2D eigenvalue weighted by atomic mass is 32.1. The number of aromatic carboxylic acids is 1. The Kier molecular flexibility index (Phi) is 3.95. The van der Waals surface area contributed by atoms with Crippen LogP contribution in [-0.2, 0) is 0 Å². The van der Waals surface area contributed by atoms with Crippen LogP contribution < -0.4 is 10.7 Å². The molecule has 0 aliphatic carbocycles. The molecular weight excluding hydrogens is 292 g/mol. The minimum atomic E-state index is -1.11. The number of thiophene rings is 1. The van der Waals surface area contributed by atoms with Gasteiger partial charge in [-0.3, -0.25) is 9.59 Å². The Morgan fingerprint density at radius 1 is 1.29 bits per heavy atom. The number of amides is 1. The first-order valence-electron chi connectivity index (χ1n) is 6.15. The smallest absolute Gasteiger partial charge is 0.338 e. The summed E-state index contributed by atoms with van der Waals surface area (Å²) < 4.78 is 0. The molecule has 0 aromatic carbocycles. The van der Waals surface area contributed by atoms with Crippen LogP contribution >= 0.6 is 11.3 Å². The number of aryl methyl sites for hydroxylation is 2. The first kappa shape index (κ1) is 15.0. The molecule has 0 unspecified atom stereocenters. The molecule has 21 heavy (non-hydrogen) atoms. The van der Waals surface area contributed by atoms with E-state index < -0.39 is 17.3 Å². The van der Waals surface area contributed by atoms with Crippen LogP contribution in [0.3, 0.4) is 0 Å². The van der Waals surface area contributed by atoms with Gasteiger partial charge in [-0.2, -0.15) is 0 Å². The highest BCUT2D eigenvalue weighted by Crippen LogP contribution is 2.32. The van der Waals surface area contributed by atoms with Crippen molar-refractivity contribution < 1.29 is 14.7 Å². The van der Waals surface area contributed by atoms with Crippen molar-refractivity contribution in [1.29, 1.82) is 0 Å². The molecule has 1 amide bonds. The second-order valence-corrected chi connectivity index (χ2v) is 5.87. The molecule has 0 bridgehead atoms. The van der Waals surface area contributed by atoms with E-state index in [9.17, 15) is 19.5 Å². The van der Waals surface area contributed by atoms with Gasteiger partial charge in [0.05, 0.1) is 5.56 Å². The zero-order chi connectivity index (χ0) is 15.7. The topological polar surface area (TPSA) is 99.3 Å². The van der Waals surface area contributed by atoms with Crippen LogP contribution in [0.25, 0.3) is 0 Å². The summed E-state index contributed by atoms with van der Waals surface area (Å²) in [7, 11) is 0. The van der Waals surface area contributed by atoms with E-state index in [1.54, 1.807) is 20.8 Å². The van der Waals surface area contributed by atoms with Crippen LogP contribution in [0.4, 0.5) is 5.00 Å². The lowest BCUT2D eigenvalue weighted by Gasteiger charge is -2.04. The van der Waals surface area contributed by atoms with Gasteiger partial charge in [-0.25, -0.2) is 4.79 Å². The van der Waals surface area contributed by atoms with Gasteiger partial charge >= 0.3 is 5.97 Å². The number of hydrogen-bond donors (Lipinski definition) is 3. The first-order chi connectivity index (χ1) is 9.81. The molecule has 2 rings (SSSR count). The van der Waals surface area contributed by atoms with E-state index in [-0.39, 0.29) is 16.1 Å². The van der Waals surface area contributed by atoms with Crippen molar-refractivity contribution in [3.05, 3.63) is 49.7 Å². The fourth-order valence-electron chi connectivity index (χ4n) is 1.89. The van der Waals surface area contributed by atoms with E-state index in [2.05, 4.69) is 10.3 Å². The number of anilines is 1. The number of hydrogen-bond acceptors (Lipinski definition) is 4. The third-order valence-corrected chi connectivity index (χ3v) is 4.25. The van der Waals surface area contributed by atoms with E-state index >= 15 is 0 Å². The maximum absolute atomic E-state index is 12.1. The molecular formula is C14H14N2O4S. The van der Waals surface area contributed by atoms with Crippen molar-refractivity contribution in [2.75, 3.05) is 5.32 Å². The Bertz CT molecular complexity index is 789. The molecule has 0 saturated heterocycles. The number of rotatable bonds is 3. The molecule has 110 valence electrons. The average molecular weight is 306 g/mol. The van der Waals surface area contributed by atoms with Gasteiger partial charge in [-0.05, 0) is 26.3 Å². The zero-order valence-corrected chi connectivity index (χ0v) is 12.6. The van der Waals surface area contributed by atoms with Gasteiger partial charge in [0.1, 0.15) is 10.6 Å². The number of aromatic nitrogens is 1. The Morgan fingerprint density at radius 2 is 1.95 bits per heavy atom. The molecule has 7 heteroatoms. The van der Waals surface area contributed by atoms with E-state index in [4.69, 9.17) is 0 Å². The summed E-state index contributed by atoms with van der Waals surface area (Å²) in [5.74, 6) is -1.73. The van der Waals surface area contributed by atoms with Gasteiger partial charge in [0.15, 0.2) is 5.43 Å². The molecule has 2 aromatic heterocycles. The SMILES string of the molecule is Cc1cc(=O)c(C(=O)Nc2sc(C)c(C)c2C(=O)O)c[nH]1. The Balaban J connectivity index is 2.38. The number of carbonyl (C=O) groups is 2. The second kappa shape index (κ2) is 5.53. The average Bonchev–Trinajstić information content (AvgIpc) is 2.64. The number of H-pyrrole nitrogens is 1. The highest BCUT2D eigenvalue weighted by Gasteiger charge is 2.21. The van der Waals surface area contributed by atoms with Crippen molar-refractivity contribution in [2.45, 2.75) is 20.8 Å². The summed E-state index contributed by atoms with van der Waals surface area (Å²) in [6, 6.07) is 1.32. The van der Waals surface area contributed by atoms with E-state index in [1.165, 1.54) is 23.6 Å². The minimum absolute atomic E-state index is 0.0550. The quantitative estimate of drug-likeness (QED) is 0.810. The molecule has 2 heterocycles. The highest BCUT2D eigenvalue weighted by molar-refractivity contribution is 7.16. The van der Waals surface area contributed by atoms with Crippen molar-refractivity contribution >= 4 is 28.2 Å². The van der Waals surface area contributed by atoms with E-state index in [0.29, 0.717) is 11.3 Å². The van der Waals surface area contributed by atoms with Crippen molar-refractivity contribution in [3.63, 3.8) is 0 Å². The van der Waals surface area contributed by atoms with Crippen LogP contribution in [0.2, 0.25) is 0 Å². The van der Waals surface area contributed by atoms with Crippen LogP contribution in [0.15, 0.2) is 17.1 Å². The minimum Gasteiger partial charge on any atom is -0.478 e. The van der Waals surface area contributed by atoms with E-state index in [1.807, 2.05) is 0 Å². The maximum atomic E-state index is 12.1. The molecule has 0 saturated carbocycles. The van der Waals surface area contributed by atoms with Crippen molar-refractivity contribution in [1.82, 2.24) is 4.98 Å². The number of pyridine rings is 1. The van der Waals surface area contributed by atoms with Gasteiger partial charge in [0.2, 0.25) is 0 Å². The van der Waals surface area contributed by atoms with Crippen LogP contribution in [0, 0.1) is 20.8 Å². The second-order valence-electron chi connectivity index (χ2n) is 4.64. The Hall–Kier alpha value is -2.41. The third kappa shape index (κ3) is 2.87. The van der Waals surface area contributed by atoms with Crippen LogP contribution in [0.5, 0.6) is 0 Å². The molecule has 0 atom stereocenters. The molecule has 0 aliphatic heterocycles. The van der Waals surface area contributed by atoms with Crippen LogP contribution in [0.1, 0.15) is 36.9 Å². The van der Waals surface area contributed by atoms with Gasteiger partial charge in [0.25, 0.3) is 5.91 Å². The third-order valence-electron chi connectivity index (χ3n) is 3.13. The summed E-state index contributed by atoms with van der Waals surface area (Å²) in [5.41, 5.74) is 0.854. The summed E-state index contributed by atoms with van der Waals surface area (Å²) in [5, 5.41) is 12.0. The summed E-state index contributed by atoms with van der Waals surface area (Å²) >= 11 is 1.18. The molecule has 0 spiro atoms. The molecule has 2 aromatic rings. The number of carbonyl (C=O) groups excluding carboxylic acids is 1. The fourth-order valence-corrected chi connectivity index (χ4v) is 2.94. The summed E-state index contributed by atoms with van der Waals surface area (Å²) in [6.07, 6.45) is 1.32. The fraction of sp³-hybridized carbons (Fsp3) is 0.214. The number of nitrogens with one attached hydrogen (secondary N) is 2. The van der Waals surface area contributed by atoms with Gasteiger partial charge in [-0.15, -0.1) is 11.3 Å².